The van der Waals surface area contributed by atoms with Gasteiger partial charge in [0.15, 0.2) is 0 Å². The fourth-order valence-electron chi connectivity index (χ4n) is 3.06. The van der Waals surface area contributed by atoms with Gasteiger partial charge >= 0.3 is 0 Å². The lowest BCUT2D eigenvalue weighted by atomic mass is 10.0. The molecule has 22 heavy (non-hydrogen) atoms. The van der Waals surface area contributed by atoms with Gasteiger partial charge in [0.2, 0.25) is 11.8 Å². The Balaban J connectivity index is 1.69. The average molecular weight is 304 g/mol. The van der Waals surface area contributed by atoms with Crippen LogP contribution in [0.4, 0.5) is 10.1 Å². The molecular formula is C17H21FN2O2. The number of rotatable bonds is 3. The third kappa shape index (κ3) is 2.98. The molecule has 1 heterocycles. The monoisotopic (exact) mass is 304 g/mol. The quantitative estimate of drug-likeness (QED) is 0.873. The van der Waals surface area contributed by atoms with E-state index in [1.54, 1.807) is 12.1 Å². The van der Waals surface area contributed by atoms with Crippen LogP contribution in [0.1, 0.15) is 38.5 Å². The van der Waals surface area contributed by atoms with Gasteiger partial charge in [-0.1, -0.05) is 18.9 Å². The van der Waals surface area contributed by atoms with E-state index in [0.29, 0.717) is 18.5 Å². The maximum Gasteiger partial charge on any atom is 0.240 e. The molecular weight excluding hydrogens is 283 g/mol. The summed E-state index contributed by atoms with van der Waals surface area (Å²) in [7, 11) is 0. The molecule has 1 saturated heterocycles. The maximum absolute atomic E-state index is 13.2. The van der Waals surface area contributed by atoms with Gasteiger partial charge in [0, 0.05) is 18.8 Å². The van der Waals surface area contributed by atoms with Gasteiger partial charge in [-0.2, -0.15) is 0 Å². The summed E-state index contributed by atoms with van der Waals surface area (Å²) >= 11 is 0. The number of carbonyl (C=O) groups is 2. The Morgan fingerprint density at radius 2 is 1.77 bits per heavy atom. The third-order valence-corrected chi connectivity index (χ3v) is 4.57. The fraction of sp³-hybridized carbons (Fsp3) is 0.529. The maximum atomic E-state index is 13.2. The molecule has 1 aromatic rings. The molecule has 1 aromatic carbocycles. The van der Waals surface area contributed by atoms with Crippen LogP contribution >= 0.6 is 0 Å². The number of nitrogens with one attached hydrogen (secondary N) is 1. The van der Waals surface area contributed by atoms with E-state index in [0.717, 1.165) is 38.8 Å². The second-order valence-electron chi connectivity index (χ2n) is 6.25. The first-order chi connectivity index (χ1) is 10.6. The highest BCUT2D eigenvalue weighted by Crippen LogP contribution is 2.48. The molecule has 0 bridgehead atoms. The Kier molecular flexibility index (Phi) is 4.14. The number of hydrogen-bond donors (Lipinski definition) is 1. The Morgan fingerprint density at radius 3 is 2.36 bits per heavy atom. The Bertz CT molecular complexity index is 576. The molecule has 2 amide bonds. The molecule has 2 aliphatic rings. The fourth-order valence-corrected chi connectivity index (χ4v) is 3.06. The molecule has 5 heteroatoms. The van der Waals surface area contributed by atoms with Crippen LogP contribution in [0.15, 0.2) is 24.3 Å². The van der Waals surface area contributed by atoms with Crippen LogP contribution < -0.4 is 5.32 Å². The molecule has 118 valence electrons. The summed E-state index contributed by atoms with van der Waals surface area (Å²) in [6.07, 6.45) is 5.48. The number of amides is 2. The smallest absolute Gasteiger partial charge is 0.240 e. The van der Waals surface area contributed by atoms with Crippen LogP contribution in [0.5, 0.6) is 0 Å². The van der Waals surface area contributed by atoms with Crippen molar-refractivity contribution >= 4 is 17.5 Å². The average Bonchev–Trinajstić information content (AvgIpc) is 3.32. The number of nitrogens with zero attached hydrogens (tertiary/aromatic N) is 1. The molecule has 3 rings (SSSR count). The standard InChI is InChI=1S/C17H21FN2O2/c18-13-6-5-7-14(12-13)19-15(21)17(8-9-17)16(22)20-10-3-1-2-4-11-20/h5-7,12H,1-4,8-11H2,(H,19,21). The first kappa shape index (κ1) is 15.0. The molecule has 0 atom stereocenters. The molecule has 1 saturated carbocycles. The van der Waals surface area contributed by atoms with Crippen molar-refractivity contribution < 1.29 is 14.0 Å². The Hall–Kier alpha value is -1.91. The summed E-state index contributed by atoms with van der Waals surface area (Å²) < 4.78 is 13.2. The highest BCUT2D eigenvalue weighted by atomic mass is 19.1. The normalized spacial score (nSPS) is 20.1. The van der Waals surface area contributed by atoms with Crippen molar-refractivity contribution in [3.8, 4) is 0 Å². The number of anilines is 1. The summed E-state index contributed by atoms with van der Waals surface area (Å²) in [5.74, 6) is -0.753. The van der Waals surface area contributed by atoms with E-state index in [2.05, 4.69) is 5.32 Å². The number of benzene rings is 1. The van der Waals surface area contributed by atoms with E-state index in [1.165, 1.54) is 12.1 Å². The van der Waals surface area contributed by atoms with E-state index in [-0.39, 0.29) is 11.8 Å². The van der Waals surface area contributed by atoms with Gasteiger partial charge in [-0.05, 0) is 43.9 Å². The minimum atomic E-state index is -0.920. The van der Waals surface area contributed by atoms with Crippen molar-refractivity contribution in [1.82, 2.24) is 4.90 Å². The molecule has 4 nitrogen and oxygen atoms in total. The number of likely N-dealkylation sites (tertiary alicyclic amines) is 1. The number of halogens is 1. The molecule has 2 fully saturated rings. The van der Waals surface area contributed by atoms with Crippen molar-refractivity contribution in [2.24, 2.45) is 5.41 Å². The largest absolute Gasteiger partial charge is 0.342 e. The lowest BCUT2D eigenvalue weighted by molar-refractivity contribution is -0.142. The van der Waals surface area contributed by atoms with Crippen LogP contribution in [0, 0.1) is 11.2 Å². The van der Waals surface area contributed by atoms with Gasteiger partial charge in [-0.25, -0.2) is 4.39 Å². The van der Waals surface area contributed by atoms with Crippen LogP contribution in [-0.2, 0) is 9.59 Å². The van der Waals surface area contributed by atoms with Gasteiger partial charge in [0.1, 0.15) is 11.2 Å². The Labute approximate surface area is 129 Å². The second-order valence-corrected chi connectivity index (χ2v) is 6.25. The highest BCUT2D eigenvalue weighted by Gasteiger charge is 2.57. The van der Waals surface area contributed by atoms with Crippen molar-refractivity contribution in [3.63, 3.8) is 0 Å². The van der Waals surface area contributed by atoms with Gasteiger partial charge in [-0.3, -0.25) is 9.59 Å². The second kappa shape index (κ2) is 6.07. The van der Waals surface area contributed by atoms with E-state index >= 15 is 0 Å². The summed E-state index contributed by atoms with van der Waals surface area (Å²) in [4.78, 5) is 27.1. The number of carbonyl (C=O) groups excluding carboxylic acids is 2. The lowest BCUT2D eigenvalue weighted by Gasteiger charge is -2.25. The van der Waals surface area contributed by atoms with Crippen LogP contribution in [0.25, 0.3) is 0 Å². The summed E-state index contributed by atoms with van der Waals surface area (Å²) in [6.45, 7) is 1.49. The first-order valence-corrected chi connectivity index (χ1v) is 7.98. The van der Waals surface area contributed by atoms with E-state index < -0.39 is 11.2 Å². The van der Waals surface area contributed by atoms with E-state index in [9.17, 15) is 14.0 Å². The van der Waals surface area contributed by atoms with Crippen molar-refractivity contribution in [3.05, 3.63) is 30.1 Å². The molecule has 1 N–H and O–H groups in total. The summed E-state index contributed by atoms with van der Waals surface area (Å²) in [5.41, 5.74) is -0.517. The lowest BCUT2D eigenvalue weighted by Crippen LogP contribution is -2.43. The topological polar surface area (TPSA) is 49.4 Å². The van der Waals surface area contributed by atoms with Crippen LogP contribution in [-0.4, -0.2) is 29.8 Å². The molecule has 1 aliphatic carbocycles. The minimum Gasteiger partial charge on any atom is -0.342 e. The predicted octanol–water partition coefficient (Wildman–Crippen LogP) is 2.95. The van der Waals surface area contributed by atoms with Crippen molar-refractivity contribution in [2.45, 2.75) is 38.5 Å². The molecule has 0 spiro atoms. The number of hydrogen-bond acceptors (Lipinski definition) is 2. The van der Waals surface area contributed by atoms with E-state index in [4.69, 9.17) is 0 Å². The Morgan fingerprint density at radius 1 is 1.09 bits per heavy atom. The molecule has 0 radical (unpaired) electrons. The van der Waals surface area contributed by atoms with Crippen molar-refractivity contribution in [1.29, 1.82) is 0 Å². The zero-order valence-electron chi connectivity index (χ0n) is 12.6. The van der Waals surface area contributed by atoms with Gasteiger partial charge in [0.25, 0.3) is 0 Å². The zero-order chi connectivity index (χ0) is 15.6. The summed E-state index contributed by atoms with van der Waals surface area (Å²) in [6, 6.07) is 5.77. The minimum absolute atomic E-state index is 0.0525. The van der Waals surface area contributed by atoms with E-state index in [1.807, 2.05) is 4.90 Å². The first-order valence-electron chi connectivity index (χ1n) is 7.98. The zero-order valence-corrected chi connectivity index (χ0v) is 12.6. The third-order valence-electron chi connectivity index (χ3n) is 4.57. The van der Waals surface area contributed by atoms with Crippen molar-refractivity contribution in [2.75, 3.05) is 18.4 Å². The SMILES string of the molecule is O=C(Nc1cccc(F)c1)C1(C(=O)N2CCCCCC2)CC1. The summed E-state index contributed by atoms with van der Waals surface area (Å²) in [5, 5.41) is 2.69. The predicted molar refractivity (Wildman–Crippen MR) is 81.7 cm³/mol. The van der Waals surface area contributed by atoms with Crippen LogP contribution in [0.2, 0.25) is 0 Å². The molecule has 0 unspecified atom stereocenters. The van der Waals surface area contributed by atoms with Gasteiger partial charge in [-0.15, -0.1) is 0 Å². The highest BCUT2D eigenvalue weighted by molar-refractivity contribution is 6.13. The van der Waals surface area contributed by atoms with Crippen LogP contribution in [0.3, 0.4) is 0 Å². The van der Waals surface area contributed by atoms with Gasteiger partial charge in [0.05, 0.1) is 0 Å². The van der Waals surface area contributed by atoms with Gasteiger partial charge < -0.3 is 10.2 Å². The molecule has 0 aromatic heterocycles. The molecule has 1 aliphatic heterocycles.